The van der Waals surface area contributed by atoms with Gasteiger partial charge in [-0.2, -0.15) is 0 Å². The molecule has 5 heteroatoms. The first-order valence-corrected chi connectivity index (χ1v) is 8.80. The van der Waals surface area contributed by atoms with Crippen molar-refractivity contribution in [2.24, 2.45) is 0 Å². The van der Waals surface area contributed by atoms with Crippen molar-refractivity contribution >= 4 is 39.3 Å². The van der Waals surface area contributed by atoms with Crippen LogP contribution in [0.1, 0.15) is 11.1 Å². The summed E-state index contributed by atoms with van der Waals surface area (Å²) >= 11 is 5.03. The van der Waals surface area contributed by atoms with Crippen molar-refractivity contribution in [2.75, 3.05) is 18.2 Å². The lowest BCUT2D eigenvalue weighted by Crippen LogP contribution is -2.15. The highest BCUT2D eigenvalue weighted by molar-refractivity contribution is 9.10. The number of amides is 1. The summed E-state index contributed by atoms with van der Waals surface area (Å²) < 4.78 is 6.32. The zero-order valence-electron chi connectivity index (χ0n) is 12.6. The maximum absolute atomic E-state index is 12.1. The third-order valence-electron chi connectivity index (χ3n) is 3.02. The molecule has 0 fully saturated rings. The molecule has 0 atom stereocenters. The van der Waals surface area contributed by atoms with Crippen molar-refractivity contribution in [2.45, 2.75) is 12.7 Å². The lowest BCUT2D eigenvalue weighted by Gasteiger charge is -2.11. The molecular weight excluding hydrogens is 362 g/mol. The van der Waals surface area contributed by atoms with Crippen molar-refractivity contribution in [1.82, 2.24) is 0 Å². The van der Waals surface area contributed by atoms with Crippen LogP contribution in [0.3, 0.4) is 0 Å². The fourth-order valence-electron chi connectivity index (χ4n) is 1.99. The molecule has 0 aliphatic rings. The van der Waals surface area contributed by atoms with Crippen LogP contribution in [0.25, 0.3) is 0 Å². The van der Waals surface area contributed by atoms with Gasteiger partial charge in [-0.05, 0) is 42.3 Å². The highest BCUT2D eigenvalue weighted by Crippen LogP contribution is 2.25. The SMILES string of the molecule is COc1ccc(C)cc1NC(=O)CSCc1cccc(Br)c1. The number of benzene rings is 2. The van der Waals surface area contributed by atoms with E-state index in [1.807, 2.05) is 37.3 Å². The van der Waals surface area contributed by atoms with E-state index < -0.39 is 0 Å². The standard InChI is InChI=1S/C17H18BrNO2S/c1-12-6-7-16(21-2)15(8-12)19-17(20)11-22-10-13-4-3-5-14(18)9-13/h3-9H,10-11H2,1-2H3,(H,19,20). The van der Waals surface area contributed by atoms with Crippen LogP contribution in [-0.4, -0.2) is 18.8 Å². The predicted molar refractivity (Wildman–Crippen MR) is 96.7 cm³/mol. The van der Waals surface area contributed by atoms with Gasteiger partial charge in [0, 0.05) is 10.2 Å². The Morgan fingerprint density at radius 3 is 2.82 bits per heavy atom. The Hall–Kier alpha value is -1.46. The van der Waals surface area contributed by atoms with E-state index in [2.05, 4.69) is 33.4 Å². The van der Waals surface area contributed by atoms with Gasteiger partial charge in [-0.3, -0.25) is 4.79 Å². The third kappa shape index (κ3) is 5.07. The molecule has 0 aliphatic heterocycles. The van der Waals surface area contributed by atoms with Crippen LogP contribution in [0.2, 0.25) is 0 Å². The Morgan fingerprint density at radius 2 is 2.09 bits per heavy atom. The van der Waals surface area contributed by atoms with E-state index in [0.29, 0.717) is 11.5 Å². The lowest BCUT2D eigenvalue weighted by atomic mass is 10.2. The second kappa shape index (κ2) is 8.25. The number of hydrogen-bond donors (Lipinski definition) is 1. The van der Waals surface area contributed by atoms with E-state index >= 15 is 0 Å². The summed E-state index contributed by atoms with van der Waals surface area (Å²) in [4.78, 5) is 12.1. The molecule has 2 rings (SSSR count). The number of nitrogens with one attached hydrogen (secondary N) is 1. The number of methoxy groups -OCH3 is 1. The Kier molecular flexibility index (Phi) is 6.34. The lowest BCUT2D eigenvalue weighted by molar-refractivity contribution is -0.113. The van der Waals surface area contributed by atoms with E-state index in [1.54, 1.807) is 18.9 Å². The normalized spacial score (nSPS) is 10.3. The minimum Gasteiger partial charge on any atom is -0.495 e. The van der Waals surface area contributed by atoms with Crippen molar-refractivity contribution in [3.05, 3.63) is 58.1 Å². The first-order valence-electron chi connectivity index (χ1n) is 6.85. The number of carbonyl (C=O) groups excluding carboxylic acids is 1. The fourth-order valence-corrected chi connectivity index (χ4v) is 3.22. The highest BCUT2D eigenvalue weighted by Gasteiger charge is 2.08. The van der Waals surface area contributed by atoms with Gasteiger partial charge in [0.2, 0.25) is 5.91 Å². The van der Waals surface area contributed by atoms with Gasteiger partial charge in [0.1, 0.15) is 5.75 Å². The second-order valence-electron chi connectivity index (χ2n) is 4.87. The molecule has 0 spiro atoms. The summed E-state index contributed by atoms with van der Waals surface area (Å²) in [6, 6.07) is 13.8. The number of carbonyl (C=O) groups is 1. The molecule has 3 nitrogen and oxygen atoms in total. The molecule has 2 aromatic carbocycles. The maximum atomic E-state index is 12.1. The second-order valence-corrected chi connectivity index (χ2v) is 6.78. The highest BCUT2D eigenvalue weighted by atomic mass is 79.9. The van der Waals surface area contributed by atoms with E-state index in [1.165, 1.54) is 5.56 Å². The summed E-state index contributed by atoms with van der Waals surface area (Å²) in [6.45, 7) is 1.98. The average Bonchev–Trinajstić information content (AvgIpc) is 2.47. The molecule has 0 unspecified atom stereocenters. The largest absolute Gasteiger partial charge is 0.495 e. The van der Waals surface area contributed by atoms with Crippen molar-refractivity contribution in [3.8, 4) is 5.75 Å². The molecule has 1 N–H and O–H groups in total. The summed E-state index contributed by atoms with van der Waals surface area (Å²) in [5, 5.41) is 2.91. The van der Waals surface area contributed by atoms with Gasteiger partial charge < -0.3 is 10.1 Å². The molecule has 116 valence electrons. The predicted octanol–water partition coefficient (Wildman–Crippen LogP) is 4.64. The van der Waals surface area contributed by atoms with Crippen LogP contribution in [0, 0.1) is 6.92 Å². The van der Waals surface area contributed by atoms with Gasteiger partial charge in [-0.15, -0.1) is 11.8 Å². The molecular formula is C17H18BrNO2S. The first kappa shape index (κ1) is 16.9. The van der Waals surface area contributed by atoms with Gasteiger partial charge in [-0.25, -0.2) is 0 Å². The van der Waals surface area contributed by atoms with Crippen molar-refractivity contribution in [3.63, 3.8) is 0 Å². The Labute approximate surface area is 143 Å². The van der Waals surface area contributed by atoms with E-state index in [0.717, 1.165) is 21.5 Å². The number of hydrogen-bond acceptors (Lipinski definition) is 3. The molecule has 0 saturated heterocycles. The van der Waals surface area contributed by atoms with E-state index in [-0.39, 0.29) is 5.91 Å². The topological polar surface area (TPSA) is 38.3 Å². The van der Waals surface area contributed by atoms with Crippen LogP contribution in [0.4, 0.5) is 5.69 Å². The van der Waals surface area contributed by atoms with Crippen LogP contribution < -0.4 is 10.1 Å². The molecule has 0 radical (unpaired) electrons. The molecule has 22 heavy (non-hydrogen) atoms. The quantitative estimate of drug-likeness (QED) is 0.794. The van der Waals surface area contributed by atoms with Gasteiger partial charge in [0.15, 0.2) is 0 Å². The molecule has 0 saturated carbocycles. The Morgan fingerprint density at radius 1 is 1.27 bits per heavy atom. The molecule has 0 aliphatic carbocycles. The summed E-state index contributed by atoms with van der Waals surface area (Å²) in [5.41, 5.74) is 2.99. The van der Waals surface area contributed by atoms with Crippen LogP contribution in [0.5, 0.6) is 5.75 Å². The van der Waals surface area contributed by atoms with Gasteiger partial charge in [0.25, 0.3) is 0 Å². The van der Waals surface area contributed by atoms with Gasteiger partial charge in [0.05, 0.1) is 18.6 Å². The van der Waals surface area contributed by atoms with Crippen LogP contribution >= 0.6 is 27.7 Å². The number of ether oxygens (including phenoxy) is 1. The number of aryl methyl sites for hydroxylation is 1. The summed E-state index contributed by atoms with van der Waals surface area (Å²) in [7, 11) is 1.60. The molecule has 0 bridgehead atoms. The Balaban J connectivity index is 1.87. The smallest absolute Gasteiger partial charge is 0.234 e. The molecule has 0 heterocycles. The van der Waals surface area contributed by atoms with Crippen molar-refractivity contribution in [1.29, 1.82) is 0 Å². The summed E-state index contributed by atoms with van der Waals surface area (Å²) in [5.74, 6) is 1.86. The zero-order valence-corrected chi connectivity index (χ0v) is 15.0. The Bertz CT molecular complexity index is 661. The van der Waals surface area contributed by atoms with Crippen LogP contribution in [0.15, 0.2) is 46.9 Å². The third-order valence-corrected chi connectivity index (χ3v) is 4.52. The number of halogens is 1. The molecule has 1 amide bonds. The fraction of sp³-hybridized carbons (Fsp3) is 0.235. The molecule has 2 aromatic rings. The average molecular weight is 380 g/mol. The zero-order chi connectivity index (χ0) is 15.9. The first-order chi connectivity index (χ1) is 10.6. The van der Waals surface area contributed by atoms with E-state index in [4.69, 9.17) is 4.74 Å². The maximum Gasteiger partial charge on any atom is 0.234 e. The minimum atomic E-state index is -0.0242. The minimum absolute atomic E-state index is 0.0242. The number of thioether (sulfide) groups is 1. The molecule has 0 aromatic heterocycles. The van der Waals surface area contributed by atoms with E-state index in [9.17, 15) is 4.79 Å². The number of rotatable bonds is 6. The van der Waals surface area contributed by atoms with Crippen molar-refractivity contribution < 1.29 is 9.53 Å². The van der Waals surface area contributed by atoms with Gasteiger partial charge >= 0.3 is 0 Å². The van der Waals surface area contributed by atoms with Crippen LogP contribution in [-0.2, 0) is 10.5 Å². The van der Waals surface area contributed by atoms with Gasteiger partial charge in [-0.1, -0.05) is 34.1 Å². The summed E-state index contributed by atoms with van der Waals surface area (Å²) in [6.07, 6.45) is 0. The monoisotopic (exact) mass is 379 g/mol. The number of anilines is 1.